The lowest BCUT2D eigenvalue weighted by Crippen LogP contribution is -2.63. The number of hydrogen-bond donors (Lipinski definition) is 0. The van der Waals surface area contributed by atoms with E-state index in [1.807, 2.05) is 6.08 Å². The number of ketones is 1. The molecule has 5 fully saturated rings. The third-order valence-electron chi connectivity index (χ3n) is 9.96. The van der Waals surface area contributed by atoms with Crippen molar-refractivity contribution in [2.45, 2.75) is 76.6 Å². The molecule has 2 aliphatic heterocycles. The summed E-state index contributed by atoms with van der Waals surface area (Å²) in [4.78, 5) is 12.0. The van der Waals surface area contributed by atoms with Gasteiger partial charge in [0, 0.05) is 11.8 Å². The Hall–Kier alpha value is -0.750. The van der Waals surface area contributed by atoms with Crippen LogP contribution in [0.15, 0.2) is 11.6 Å². The van der Waals surface area contributed by atoms with Gasteiger partial charge in [0.05, 0.1) is 0 Å². The van der Waals surface area contributed by atoms with Crippen LogP contribution in [0.25, 0.3) is 0 Å². The van der Waals surface area contributed by atoms with Crippen LogP contribution in [0.2, 0.25) is 0 Å². The van der Waals surface area contributed by atoms with E-state index in [4.69, 9.17) is 18.9 Å². The SMILES string of the molecule is C[C@]12CCC(=O)C=C1CC[C@@H]1[C@@H]2CC[C@@]2(C)[C@H]1CC[C@@]21OCOC12COCO2. The zero-order valence-corrected chi connectivity index (χ0v) is 17.1. The first-order valence-electron chi connectivity index (χ1n) is 11.2. The van der Waals surface area contributed by atoms with E-state index < -0.39 is 5.79 Å². The van der Waals surface area contributed by atoms with Gasteiger partial charge in [-0.15, -0.1) is 0 Å². The lowest BCUT2D eigenvalue weighted by molar-refractivity contribution is -0.248. The standard InChI is InChI=1S/C23H32O5/c1-20-8-5-16(24)11-15(20)3-4-17-18(20)6-9-21(2)19(17)7-10-22(21)23(28-14-26-22)12-25-13-27-23/h11,17-19H,3-10,12-14H2,1-2H3/t17-,18+,19+,20+,21+,22-,23?/m1/s1. The quantitative estimate of drug-likeness (QED) is 0.629. The minimum Gasteiger partial charge on any atom is -0.350 e. The number of fused-ring (bicyclic) bond motifs is 7. The molecule has 6 aliphatic rings. The van der Waals surface area contributed by atoms with Gasteiger partial charge >= 0.3 is 0 Å². The molecular formula is C23H32O5. The van der Waals surface area contributed by atoms with Crippen LogP contribution in [0, 0.1) is 28.6 Å². The van der Waals surface area contributed by atoms with E-state index in [9.17, 15) is 4.79 Å². The first-order chi connectivity index (χ1) is 13.4. The maximum absolute atomic E-state index is 12.0. The van der Waals surface area contributed by atoms with Gasteiger partial charge in [0.1, 0.15) is 12.2 Å². The van der Waals surface area contributed by atoms with Crippen molar-refractivity contribution in [3.63, 3.8) is 0 Å². The molecule has 2 spiro atoms. The largest absolute Gasteiger partial charge is 0.350 e. The van der Waals surface area contributed by atoms with Crippen molar-refractivity contribution in [3.05, 3.63) is 11.6 Å². The van der Waals surface area contributed by atoms with E-state index in [1.165, 1.54) is 24.8 Å². The molecular weight excluding hydrogens is 356 g/mol. The summed E-state index contributed by atoms with van der Waals surface area (Å²) >= 11 is 0. The second-order valence-electron chi connectivity index (χ2n) is 10.6. The van der Waals surface area contributed by atoms with Gasteiger partial charge in [0.25, 0.3) is 0 Å². The van der Waals surface area contributed by atoms with Crippen molar-refractivity contribution in [1.29, 1.82) is 0 Å². The number of ether oxygens (including phenoxy) is 4. The Bertz CT molecular complexity index is 734. The molecule has 0 bridgehead atoms. The monoisotopic (exact) mass is 388 g/mol. The van der Waals surface area contributed by atoms with Gasteiger partial charge in [-0.3, -0.25) is 4.79 Å². The Kier molecular flexibility index (Phi) is 3.67. The molecule has 28 heavy (non-hydrogen) atoms. The Morgan fingerprint density at radius 3 is 2.57 bits per heavy atom. The number of allylic oxidation sites excluding steroid dienone is 1. The van der Waals surface area contributed by atoms with Gasteiger partial charge in [-0.05, 0) is 74.2 Å². The summed E-state index contributed by atoms with van der Waals surface area (Å²) in [6, 6.07) is 0. The maximum Gasteiger partial charge on any atom is 0.226 e. The molecule has 6 rings (SSSR count). The Labute approximate surface area is 167 Å². The summed E-state index contributed by atoms with van der Waals surface area (Å²) in [7, 11) is 0. The van der Waals surface area contributed by atoms with Gasteiger partial charge in [-0.2, -0.15) is 0 Å². The van der Waals surface area contributed by atoms with Crippen molar-refractivity contribution < 1.29 is 23.7 Å². The predicted octanol–water partition coefficient (Wildman–Crippen LogP) is 3.96. The molecule has 0 amide bonds. The fourth-order valence-electron chi connectivity index (χ4n) is 8.54. The highest BCUT2D eigenvalue weighted by atomic mass is 16.9. The Morgan fingerprint density at radius 2 is 1.75 bits per heavy atom. The first-order valence-corrected chi connectivity index (χ1v) is 11.2. The average Bonchev–Trinajstić information content (AvgIpc) is 3.37. The normalized spacial score (nSPS) is 55.3. The van der Waals surface area contributed by atoms with E-state index >= 15 is 0 Å². The minimum atomic E-state index is -0.718. The van der Waals surface area contributed by atoms with E-state index in [1.54, 1.807) is 0 Å². The van der Waals surface area contributed by atoms with Crippen LogP contribution >= 0.6 is 0 Å². The summed E-state index contributed by atoms with van der Waals surface area (Å²) in [5.74, 6) is 1.64. The number of hydrogen-bond acceptors (Lipinski definition) is 5. The van der Waals surface area contributed by atoms with E-state index in [2.05, 4.69) is 13.8 Å². The summed E-state index contributed by atoms with van der Waals surface area (Å²) < 4.78 is 24.3. The molecule has 154 valence electrons. The zero-order valence-electron chi connectivity index (χ0n) is 17.1. The van der Waals surface area contributed by atoms with Crippen LogP contribution in [-0.2, 0) is 23.7 Å². The number of carbonyl (C=O) groups is 1. The summed E-state index contributed by atoms with van der Waals surface area (Å²) in [6.45, 7) is 5.98. The zero-order chi connectivity index (χ0) is 19.2. The molecule has 2 heterocycles. The second-order valence-corrected chi connectivity index (χ2v) is 10.6. The summed E-state index contributed by atoms with van der Waals surface area (Å²) in [5, 5.41) is 0. The topological polar surface area (TPSA) is 54.0 Å². The predicted molar refractivity (Wildman–Crippen MR) is 101 cm³/mol. The summed E-state index contributed by atoms with van der Waals surface area (Å²) in [5.41, 5.74) is 1.32. The van der Waals surface area contributed by atoms with Crippen LogP contribution in [0.1, 0.15) is 65.2 Å². The summed E-state index contributed by atoms with van der Waals surface area (Å²) in [6.07, 6.45) is 10.6. The van der Waals surface area contributed by atoms with Gasteiger partial charge in [-0.25, -0.2) is 0 Å². The molecule has 5 nitrogen and oxygen atoms in total. The van der Waals surface area contributed by atoms with E-state index in [0.717, 1.165) is 32.1 Å². The maximum atomic E-state index is 12.0. The average molecular weight is 389 g/mol. The molecule has 0 aromatic carbocycles. The van der Waals surface area contributed by atoms with E-state index in [0.29, 0.717) is 43.7 Å². The molecule has 4 aliphatic carbocycles. The molecule has 0 radical (unpaired) electrons. The highest BCUT2D eigenvalue weighted by molar-refractivity contribution is 5.91. The molecule has 0 aromatic rings. The van der Waals surface area contributed by atoms with Crippen LogP contribution in [0.5, 0.6) is 0 Å². The third-order valence-corrected chi connectivity index (χ3v) is 9.96. The van der Waals surface area contributed by atoms with Crippen LogP contribution in [0.4, 0.5) is 0 Å². The van der Waals surface area contributed by atoms with Gasteiger partial charge < -0.3 is 18.9 Å². The second kappa shape index (κ2) is 5.69. The first kappa shape index (κ1) is 18.1. The van der Waals surface area contributed by atoms with Crippen molar-refractivity contribution in [3.8, 4) is 0 Å². The van der Waals surface area contributed by atoms with Crippen LogP contribution < -0.4 is 0 Å². The van der Waals surface area contributed by atoms with Crippen molar-refractivity contribution >= 4 is 5.78 Å². The Balaban J connectivity index is 1.37. The van der Waals surface area contributed by atoms with Crippen molar-refractivity contribution in [1.82, 2.24) is 0 Å². The fraction of sp³-hybridized carbons (Fsp3) is 0.870. The highest BCUT2D eigenvalue weighted by Gasteiger charge is 2.75. The molecule has 3 saturated carbocycles. The molecule has 1 unspecified atom stereocenters. The van der Waals surface area contributed by atoms with E-state index in [-0.39, 0.29) is 16.4 Å². The van der Waals surface area contributed by atoms with Crippen molar-refractivity contribution in [2.75, 3.05) is 20.2 Å². The smallest absolute Gasteiger partial charge is 0.226 e. The van der Waals surface area contributed by atoms with Gasteiger partial charge in [0.2, 0.25) is 5.79 Å². The highest BCUT2D eigenvalue weighted by Crippen LogP contribution is 2.71. The molecule has 0 N–H and O–H groups in total. The lowest BCUT2D eigenvalue weighted by Gasteiger charge is -2.60. The van der Waals surface area contributed by atoms with Gasteiger partial charge in [0.15, 0.2) is 19.4 Å². The molecule has 0 aromatic heterocycles. The number of carbonyl (C=O) groups excluding carboxylic acids is 1. The third kappa shape index (κ3) is 1.95. The number of rotatable bonds is 0. The molecule has 7 atom stereocenters. The molecule has 2 saturated heterocycles. The van der Waals surface area contributed by atoms with Crippen molar-refractivity contribution in [2.24, 2.45) is 28.6 Å². The lowest BCUT2D eigenvalue weighted by atomic mass is 9.46. The van der Waals surface area contributed by atoms with Gasteiger partial charge in [-0.1, -0.05) is 19.4 Å². The Morgan fingerprint density at radius 1 is 0.929 bits per heavy atom. The van der Waals surface area contributed by atoms with Crippen LogP contribution in [0.3, 0.4) is 0 Å². The minimum absolute atomic E-state index is 0.0560. The fourth-order valence-corrected chi connectivity index (χ4v) is 8.54. The van der Waals surface area contributed by atoms with Crippen LogP contribution in [-0.4, -0.2) is 37.4 Å². The molecule has 5 heteroatoms.